The molecule has 1 aliphatic rings. The standard InChI is InChI=1S/C37H22N4/c1-3-10-24(11-4-1)35-38-36(25-12-5-2-6-13-25)40-37(39-35)26-15-7-16-27(22-26)41-30-19-9-18-29-28-17-8-14-23-20-21-31(41)34(32(23)28)33(29)30/h1-22H/i9D,19D,21D. The number of benzene rings is 6. The second-order valence-electron chi connectivity index (χ2n) is 10.3. The van der Waals surface area contributed by atoms with Crippen LogP contribution in [0.2, 0.25) is 0 Å². The second-order valence-corrected chi connectivity index (χ2v) is 10.3. The summed E-state index contributed by atoms with van der Waals surface area (Å²) in [6, 6.07) is 38.1. The molecule has 9 rings (SSSR count). The van der Waals surface area contributed by atoms with Gasteiger partial charge in [0.25, 0.3) is 0 Å². The van der Waals surface area contributed by atoms with E-state index in [1.807, 2.05) is 108 Å². The Morgan fingerprint density at radius 3 is 1.83 bits per heavy atom. The Hall–Kier alpha value is -5.61. The van der Waals surface area contributed by atoms with Crippen molar-refractivity contribution in [1.29, 1.82) is 0 Å². The Morgan fingerprint density at radius 2 is 1.10 bits per heavy atom. The molecule has 0 atom stereocenters. The number of rotatable bonds is 4. The summed E-state index contributed by atoms with van der Waals surface area (Å²) in [5.74, 6) is 1.69. The molecular formula is C37H22N4. The van der Waals surface area contributed by atoms with E-state index in [2.05, 4.69) is 6.07 Å². The molecule has 0 N–H and O–H groups in total. The topological polar surface area (TPSA) is 43.6 Å². The molecule has 1 aliphatic carbocycles. The molecule has 0 bridgehead atoms. The average Bonchev–Trinajstić information content (AvgIpc) is 3.60. The van der Waals surface area contributed by atoms with E-state index in [1.165, 1.54) is 0 Å². The van der Waals surface area contributed by atoms with Crippen LogP contribution in [0.5, 0.6) is 0 Å². The molecule has 0 unspecified atom stereocenters. The third-order valence-corrected chi connectivity index (χ3v) is 7.91. The fourth-order valence-corrected chi connectivity index (χ4v) is 6.11. The summed E-state index contributed by atoms with van der Waals surface area (Å²) in [6.45, 7) is 0. The first-order chi connectivity index (χ1) is 21.6. The van der Waals surface area contributed by atoms with Crippen molar-refractivity contribution in [2.24, 2.45) is 0 Å². The zero-order valence-corrected chi connectivity index (χ0v) is 21.8. The molecule has 0 amide bonds. The second kappa shape index (κ2) is 8.44. The number of fused-ring (bicyclic) bond motifs is 1. The number of nitrogens with zero attached hydrogens (tertiary/aromatic N) is 4. The van der Waals surface area contributed by atoms with Gasteiger partial charge < -0.3 is 4.57 Å². The first kappa shape index (κ1) is 19.4. The Labute approximate surface area is 240 Å². The number of hydrogen-bond acceptors (Lipinski definition) is 3. The van der Waals surface area contributed by atoms with Gasteiger partial charge in [-0.25, -0.2) is 15.0 Å². The zero-order valence-electron chi connectivity index (χ0n) is 24.8. The summed E-state index contributed by atoms with van der Waals surface area (Å²) in [5, 5.41) is 3.99. The van der Waals surface area contributed by atoms with Crippen LogP contribution in [0.15, 0.2) is 133 Å². The highest BCUT2D eigenvalue weighted by molar-refractivity contribution is 6.33. The van der Waals surface area contributed by atoms with Crippen LogP contribution in [0, 0.1) is 0 Å². The minimum atomic E-state index is 0.142. The van der Waals surface area contributed by atoms with Crippen molar-refractivity contribution >= 4 is 32.6 Å². The van der Waals surface area contributed by atoms with E-state index in [0.29, 0.717) is 29.0 Å². The van der Waals surface area contributed by atoms with Crippen LogP contribution in [-0.2, 0) is 0 Å². The highest BCUT2D eigenvalue weighted by Gasteiger charge is 2.25. The minimum Gasteiger partial charge on any atom is -0.309 e. The van der Waals surface area contributed by atoms with Gasteiger partial charge in [-0.15, -0.1) is 0 Å². The molecule has 8 aromatic rings. The third-order valence-electron chi connectivity index (χ3n) is 7.91. The Morgan fingerprint density at radius 1 is 0.488 bits per heavy atom. The Bertz CT molecular complexity index is 2410. The maximum absolute atomic E-state index is 9.11. The number of hydrogen-bond donors (Lipinski definition) is 0. The Kier molecular flexibility index (Phi) is 4.00. The lowest BCUT2D eigenvalue weighted by atomic mass is 10.0. The average molecular weight is 526 g/mol. The quantitative estimate of drug-likeness (QED) is 0.230. The summed E-state index contributed by atoms with van der Waals surface area (Å²) in [4.78, 5) is 14.6. The molecule has 0 spiro atoms. The van der Waals surface area contributed by atoms with Crippen molar-refractivity contribution in [3.8, 4) is 51.0 Å². The van der Waals surface area contributed by atoms with Gasteiger partial charge in [0.05, 0.1) is 15.1 Å². The highest BCUT2D eigenvalue weighted by Crippen LogP contribution is 2.49. The maximum atomic E-state index is 9.11. The van der Waals surface area contributed by atoms with Gasteiger partial charge in [-0.2, -0.15) is 0 Å². The van der Waals surface area contributed by atoms with E-state index in [1.54, 1.807) is 6.07 Å². The predicted molar refractivity (Wildman–Crippen MR) is 167 cm³/mol. The molecule has 190 valence electrons. The molecule has 6 aromatic carbocycles. The van der Waals surface area contributed by atoms with Crippen molar-refractivity contribution in [2.45, 2.75) is 0 Å². The SMILES string of the molecule is [2H]c1cc2c3c4c5c-2cccc5cc([2H])c4n(-c2cccc(-c4nc(-c5ccccc5)nc(-c5ccccc5)n4)c2)c3c1[2H]. The molecule has 2 aromatic heterocycles. The van der Waals surface area contributed by atoms with Crippen molar-refractivity contribution in [3.63, 3.8) is 0 Å². The lowest BCUT2D eigenvalue weighted by molar-refractivity contribution is 1.07. The molecule has 0 fully saturated rings. The lowest BCUT2D eigenvalue weighted by Gasteiger charge is -2.13. The van der Waals surface area contributed by atoms with Gasteiger partial charge in [0.1, 0.15) is 0 Å². The minimum absolute atomic E-state index is 0.142. The van der Waals surface area contributed by atoms with Crippen LogP contribution in [0.25, 0.3) is 83.6 Å². The maximum Gasteiger partial charge on any atom is 0.164 e. The van der Waals surface area contributed by atoms with Crippen LogP contribution in [0.4, 0.5) is 0 Å². The van der Waals surface area contributed by atoms with Crippen LogP contribution in [0.3, 0.4) is 0 Å². The highest BCUT2D eigenvalue weighted by atomic mass is 15.0. The van der Waals surface area contributed by atoms with E-state index in [0.717, 1.165) is 60.6 Å². The molecule has 0 saturated heterocycles. The molecule has 4 heteroatoms. The third kappa shape index (κ3) is 3.25. The van der Waals surface area contributed by atoms with Gasteiger partial charge >= 0.3 is 0 Å². The smallest absolute Gasteiger partial charge is 0.164 e. The van der Waals surface area contributed by atoms with Crippen LogP contribution < -0.4 is 0 Å². The van der Waals surface area contributed by atoms with Crippen LogP contribution in [-0.4, -0.2) is 19.5 Å². The first-order valence-corrected chi connectivity index (χ1v) is 13.6. The molecular weight excluding hydrogens is 500 g/mol. The van der Waals surface area contributed by atoms with E-state index < -0.39 is 0 Å². The summed E-state index contributed by atoms with van der Waals surface area (Å²) >= 11 is 0. The molecule has 2 heterocycles. The fraction of sp³-hybridized carbons (Fsp3) is 0. The van der Waals surface area contributed by atoms with Gasteiger partial charge in [-0.05, 0) is 46.1 Å². The molecule has 4 nitrogen and oxygen atoms in total. The Balaban J connectivity index is 1.32. The van der Waals surface area contributed by atoms with Crippen molar-refractivity contribution in [2.75, 3.05) is 0 Å². The van der Waals surface area contributed by atoms with Crippen LogP contribution >= 0.6 is 0 Å². The van der Waals surface area contributed by atoms with Gasteiger partial charge in [0, 0.05) is 33.2 Å². The van der Waals surface area contributed by atoms with Gasteiger partial charge in [-0.1, -0.05) is 109 Å². The normalized spacial score (nSPS) is 12.9. The predicted octanol–water partition coefficient (Wildman–Crippen LogP) is 9.10. The van der Waals surface area contributed by atoms with Gasteiger partial charge in [0.2, 0.25) is 0 Å². The first-order valence-electron chi connectivity index (χ1n) is 15.1. The molecule has 0 saturated carbocycles. The summed E-state index contributed by atoms with van der Waals surface area (Å²) in [7, 11) is 0. The monoisotopic (exact) mass is 525 g/mol. The summed E-state index contributed by atoms with van der Waals surface area (Å²) in [5.41, 5.74) is 6.74. The zero-order chi connectivity index (χ0) is 29.5. The van der Waals surface area contributed by atoms with E-state index in [4.69, 9.17) is 19.1 Å². The van der Waals surface area contributed by atoms with E-state index in [9.17, 15) is 0 Å². The van der Waals surface area contributed by atoms with E-state index in [-0.39, 0.29) is 12.1 Å². The molecule has 0 radical (unpaired) electrons. The summed E-state index contributed by atoms with van der Waals surface area (Å²) < 4.78 is 28.8. The molecule has 41 heavy (non-hydrogen) atoms. The van der Waals surface area contributed by atoms with Crippen molar-refractivity contribution in [1.82, 2.24) is 19.5 Å². The van der Waals surface area contributed by atoms with Gasteiger partial charge in [0.15, 0.2) is 17.5 Å². The molecule has 0 aliphatic heterocycles. The fourth-order valence-electron chi connectivity index (χ4n) is 6.11. The van der Waals surface area contributed by atoms with Crippen molar-refractivity contribution in [3.05, 3.63) is 133 Å². The van der Waals surface area contributed by atoms with E-state index >= 15 is 0 Å². The van der Waals surface area contributed by atoms with Crippen molar-refractivity contribution < 1.29 is 4.11 Å². The van der Waals surface area contributed by atoms with Crippen LogP contribution in [0.1, 0.15) is 4.11 Å². The lowest BCUT2D eigenvalue weighted by Crippen LogP contribution is -2.01. The number of aromatic nitrogens is 4. The summed E-state index contributed by atoms with van der Waals surface area (Å²) in [6.07, 6.45) is 0. The largest absolute Gasteiger partial charge is 0.309 e. The van der Waals surface area contributed by atoms with Gasteiger partial charge in [-0.3, -0.25) is 0 Å².